The van der Waals surface area contributed by atoms with Crippen molar-refractivity contribution in [3.8, 4) is 0 Å². The number of carboxylic acids is 1. The average molecular weight is 257 g/mol. The van der Waals surface area contributed by atoms with E-state index in [1.165, 1.54) is 0 Å². The van der Waals surface area contributed by atoms with E-state index in [1.54, 1.807) is 0 Å². The van der Waals surface area contributed by atoms with Crippen LogP contribution in [0.25, 0.3) is 0 Å². The van der Waals surface area contributed by atoms with Gasteiger partial charge in [-0.05, 0) is 18.1 Å². The van der Waals surface area contributed by atoms with E-state index in [4.69, 9.17) is 0 Å². The number of carbonyl (C=O) groups is 1. The third kappa shape index (κ3) is 1.47. The van der Waals surface area contributed by atoms with Gasteiger partial charge >= 0.3 is 5.92 Å². The van der Waals surface area contributed by atoms with E-state index in [1.807, 2.05) is 0 Å². The van der Waals surface area contributed by atoms with Gasteiger partial charge in [0.05, 0.1) is 5.97 Å². The highest BCUT2D eigenvalue weighted by Crippen LogP contribution is 2.53. The van der Waals surface area contributed by atoms with Gasteiger partial charge in [-0.25, -0.2) is 13.2 Å². The topological polar surface area (TPSA) is 40.1 Å². The highest BCUT2D eigenvalue weighted by atomic mass is 19.3. The molecule has 3 unspecified atom stereocenters. The van der Waals surface area contributed by atoms with Crippen LogP contribution in [0.4, 0.5) is 22.0 Å². The summed E-state index contributed by atoms with van der Waals surface area (Å²) in [5.74, 6) is -9.20. The molecule has 1 rings (SSSR count). The summed E-state index contributed by atoms with van der Waals surface area (Å²) in [5.41, 5.74) is -8.26. The smallest absolute Gasteiger partial charge is 0.319 e. The Morgan fingerprint density at radius 2 is 1.76 bits per heavy atom. The zero-order chi connectivity index (χ0) is 13.6. The van der Waals surface area contributed by atoms with Gasteiger partial charge in [0.2, 0.25) is 11.3 Å². The summed E-state index contributed by atoms with van der Waals surface area (Å²) in [7, 11) is 0. The fourth-order valence-electron chi connectivity index (χ4n) is 1.92. The number of halogens is 5. The van der Waals surface area contributed by atoms with Crippen molar-refractivity contribution in [2.24, 2.45) is 5.92 Å². The molecule has 0 aliphatic heterocycles. The summed E-state index contributed by atoms with van der Waals surface area (Å²) >= 11 is 0. The van der Waals surface area contributed by atoms with Crippen LogP contribution in [0.2, 0.25) is 0 Å². The van der Waals surface area contributed by atoms with E-state index < -0.39 is 35.3 Å². The predicted molar refractivity (Wildman–Crippen MR) is 46.5 cm³/mol. The second-order valence-corrected chi connectivity index (χ2v) is 4.25. The Bertz CT molecular complexity index is 368. The van der Waals surface area contributed by atoms with Crippen molar-refractivity contribution in [2.75, 3.05) is 0 Å². The van der Waals surface area contributed by atoms with Gasteiger partial charge in [0.1, 0.15) is 0 Å². The van der Waals surface area contributed by atoms with Crippen LogP contribution >= 0.6 is 0 Å². The van der Waals surface area contributed by atoms with Crippen LogP contribution in [-0.2, 0) is 4.79 Å². The number of carboxylic acid groups (broad SMARTS) is 1. The molecule has 0 aromatic heterocycles. The van der Waals surface area contributed by atoms with Crippen LogP contribution in [0, 0.1) is 5.92 Å². The molecule has 0 fully saturated rings. The molecule has 7 heteroatoms. The molecule has 3 atom stereocenters. The van der Waals surface area contributed by atoms with Gasteiger partial charge in [-0.15, -0.1) is 0 Å². The Kier molecular flexibility index (Phi) is 3.01. The average Bonchev–Trinajstić information content (AvgIpc) is 2.21. The molecule has 1 aliphatic rings. The van der Waals surface area contributed by atoms with Crippen LogP contribution in [-0.4, -0.2) is 29.4 Å². The number of allylic oxidation sites excluding steroid dienone is 1. The lowest BCUT2D eigenvalue weighted by Gasteiger charge is -2.48. The largest absolute Gasteiger partial charge is 0.546 e. The number of aliphatic carboxylic acids is 1. The number of alkyl halides is 5. The summed E-state index contributed by atoms with van der Waals surface area (Å²) in [5, 5.41) is 10.6. The Morgan fingerprint density at radius 1 is 1.29 bits per heavy atom. The molecule has 0 N–H and O–H groups in total. The number of hydrogen-bond acceptors (Lipinski definition) is 2. The number of rotatable bonds is 2. The zero-order valence-corrected chi connectivity index (χ0v) is 9.02. The van der Waals surface area contributed by atoms with Crippen LogP contribution in [0.3, 0.4) is 0 Å². The zero-order valence-electron chi connectivity index (χ0n) is 9.02. The first kappa shape index (κ1) is 13.9. The van der Waals surface area contributed by atoms with Gasteiger partial charge < -0.3 is 9.90 Å². The second-order valence-electron chi connectivity index (χ2n) is 4.25. The number of carbonyl (C=O) groups excluding carboxylic acids is 1. The minimum absolute atomic E-state index is 0.00396. The van der Waals surface area contributed by atoms with Crippen molar-refractivity contribution in [2.45, 2.75) is 37.3 Å². The maximum atomic E-state index is 14.2. The van der Waals surface area contributed by atoms with Crippen LogP contribution < -0.4 is 5.11 Å². The molecule has 0 radical (unpaired) electrons. The van der Waals surface area contributed by atoms with Gasteiger partial charge in [0.25, 0.3) is 0 Å². The maximum Gasteiger partial charge on any atom is 0.319 e. The van der Waals surface area contributed by atoms with Crippen LogP contribution in [0.15, 0.2) is 12.2 Å². The molecule has 0 aromatic rings. The Morgan fingerprint density at radius 3 is 2.12 bits per heavy atom. The van der Waals surface area contributed by atoms with Gasteiger partial charge in [-0.1, -0.05) is 13.8 Å². The summed E-state index contributed by atoms with van der Waals surface area (Å²) in [6, 6.07) is 0. The second kappa shape index (κ2) is 3.68. The van der Waals surface area contributed by atoms with Crippen molar-refractivity contribution < 1.29 is 31.9 Å². The van der Waals surface area contributed by atoms with Gasteiger partial charge in [0.15, 0.2) is 6.17 Å². The molecule has 2 nitrogen and oxygen atoms in total. The molecule has 0 bridgehead atoms. The Balaban J connectivity index is 3.53. The summed E-state index contributed by atoms with van der Waals surface area (Å²) in [4.78, 5) is 10.6. The highest BCUT2D eigenvalue weighted by molar-refractivity contribution is 5.81. The molecule has 0 amide bonds. The molecule has 17 heavy (non-hydrogen) atoms. The van der Waals surface area contributed by atoms with Crippen LogP contribution in [0.1, 0.15) is 13.8 Å². The van der Waals surface area contributed by atoms with Gasteiger partial charge in [-0.2, -0.15) is 8.78 Å². The van der Waals surface area contributed by atoms with Crippen molar-refractivity contribution in [1.82, 2.24) is 0 Å². The SMILES string of the molecule is CC(C)C1(F)C(F)(C(=O)[O-])C=CC(F)C1(F)F. The molecule has 0 aromatic carbocycles. The lowest BCUT2D eigenvalue weighted by atomic mass is 9.69. The normalized spacial score (nSPS) is 40.6. The van der Waals surface area contributed by atoms with E-state index in [9.17, 15) is 31.9 Å². The van der Waals surface area contributed by atoms with Crippen LogP contribution in [0.5, 0.6) is 0 Å². The van der Waals surface area contributed by atoms with E-state index >= 15 is 0 Å². The molecule has 1 aliphatic carbocycles. The van der Waals surface area contributed by atoms with E-state index in [0.29, 0.717) is 0 Å². The Hall–Kier alpha value is -1.14. The summed E-state index contributed by atoms with van der Waals surface area (Å²) in [6.45, 7) is 1.69. The molecule has 0 saturated carbocycles. The minimum atomic E-state index is -4.79. The van der Waals surface area contributed by atoms with Gasteiger partial charge in [0, 0.05) is 0 Å². The van der Waals surface area contributed by atoms with E-state index in [0.717, 1.165) is 13.8 Å². The highest BCUT2D eigenvalue weighted by Gasteiger charge is 2.74. The quantitative estimate of drug-likeness (QED) is 0.553. The summed E-state index contributed by atoms with van der Waals surface area (Å²) in [6.07, 6.45) is -3.14. The molecular weight excluding hydrogens is 247 g/mol. The third-order valence-corrected chi connectivity index (χ3v) is 2.95. The fraction of sp³-hybridized carbons (Fsp3) is 0.700. The molecule has 0 heterocycles. The predicted octanol–water partition coefficient (Wildman–Crippen LogP) is 1.35. The first-order chi connectivity index (χ1) is 7.51. The van der Waals surface area contributed by atoms with Crippen molar-refractivity contribution in [3.05, 3.63) is 12.2 Å². The third-order valence-electron chi connectivity index (χ3n) is 2.95. The molecule has 0 spiro atoms. The maximum absolute atomic E-state index is 14.2. The summed E-state index contributed by atoms with van der Waals surface area (Å²) < 4.78 is 67.9. The first-order valence-electron chi connectivity index (χ1n) is 4.82. The lowest BCUT2D eigenvalue weighted by molar-refractivity contribution is -0.336. The fourth-order valence-corrected chi connectivity index (χ4v) is 1.92. The Labute approximate surface area is 94.1 Å². The van der Waals surface area contributed by atoms with Crippen molar-refractivity contribution in [1.29, 1.82) is 0 Å². The lowest BCUT2D eigenvalue weighted by Crippen LogP contribution is -2.71. The van der Waals surface area contributed by atoms with Crippen molar-refractivity contribution in [3.63, 3.8) is 0 Å². The first-order valence-corrected chi connectivity index (χ1v) is 4.82. The molecular formula is C10H10F5O2-. The monoisotopic (exact) mass is 257 g/mol. The standard InChI is InChI=1S/C10H11F5O2/c1-5(2)9(13)8(12,7(16)17)4-3-6(11)10(9,14)15/h3-6H,1-2H3,(H,16,17)/p-1. The van der Waals surface area contributed by atoms with E-state index in [2.05, 4.69) is 0 Å². The van der Waals surface area contributed by atoms with Crippen molar-refractivity contribution >= 4 is 5.97 Å². The number of hydrogen-bond donors (Lipinski definition) is 0. The van der Waals surface area contributed by atoms with Gasteiger partial charge in [-0.3, -0.25) is 0 Å². The minimum Gasteiger partial charge on any atom is -0.546 e. The molecule has 98 valence electrons. The van der Waals surface area contributed by atoms with E-state index in [-0.39, 0.29) is 12.2 Å². The molecule has 0 saturated heterocycles.